The normalized spacial score (nSPS) is 10.3. The molecule has 6 nitrogen and oxygen atoms in total. The molecule has 1 aromatic heterocycles. The number of rotatable bonds is 5. The molecule has 0 bridgehead atoms. The first-order chi connectivity index (χ1) is 9.56. The quantitative estimate of drug-likeness (QED) is 0.907. The highest BCUT2D eigenvalue weighted by molar-refractivity contribution is 5.88. The van der Waals surface area contributed by atoms with Gasteiger partial charge in [-0.25, -0.2) is 9.18 Å². The van der Waals surface area contributed by atoms with E-state index < -0.39 is 11.8 Å². The van der Waals surface area contributed by atoms with Crippen LogP contribution in [0.1, 0.15) is 17.4 Å². The third kappa shape index (κ3) is 2.56. The average Bonchev–Trinajstić information content (AvgIpc) is 2.84. The highest BCUT2D eigenvalue weighted by Crippen LogP contribution is 2.30. The number of carbonyl (C=O) groups is 1. The molecule has 2 rings (SSSR count). The predicted molar refractivity (Wildman–Crippen MR) is 66.6 cm³/mol. The first-order valence-electron chi connectivity index (χ1n) is 5.77. The van der Waals surface area contributed by atoms with Crippen molar-refractivity contribution in [1.82, 2.24) is 4.98 Å². The topological polar surface area (TPSA) is 81.8 Å². The van der Waals surface area contributed by atoms with Crippen LogP contribution in [0.3, 0.4) is 0 Å². The Morgan fingerprint density at radius 3 is 2.85 bits per heavy atom. The van der Waals surface area contributed by atoms with Gasteiger partial charge in [0.05, 0.1) is 13.7 Å². The van der Waals surface area contributed by atoms with Gasteiger partial charge < -0.3 is 19.0 Å². The summed E-state index contributed by atoms with van der Waals surface area (Å²) in [5, 5.41) is 9.01. The van der Waals surface area contributed by atoms with E-state index in [-0.39, 0.29) is 29.9 Å². The standard InChI is InChI=1S/C13H12FNO5/c1-3-19-13-10(12(16)17)15-11(20-13)7-4-5-8(14)9(6-7)18-2/h4-6H,3H2,1-2H3,(H,16,17). The van der Waals surface area contributed by atoms with E-state index in [9.17, 15) is 9.18 Å². The number of hydrogen-bond acceptors (Lipinski definition) is 5. The van der Waals surface area contributed by atoms with E-state index in [2.05, 4.69) is 4.98 Å². The first kappa shape index (κ1) is 13.9. The summed E-state index contributed by atoms with van der Waals surface area (Å²) in [7, 11) is 1.33. The molecule has 0 saturated carbocycles. The highest BCUT2D eigenvalue weighted by atomic mass is 19.1. The molecule has 0 aliphatic rings. The smallest absolute Gasteiger partial charge is 0.362 e. The second kappa shape index (κ2) is 5.60. The zero-order valence-electron chi connectivity index (χ0n) is 10.8. The minimum Gasteiger partial charge on any atom is -0.494 e. The van der Waals surface area contributed by atoms with Crippen molar-refractivity contribution in [3.63, 3.8) is 0 Å². The number of methoxy groups -OCH3 is 1. The number of nitrogens with zero attached hydrogens (tertiary/aromatic N) is 1. The van der Waals surface area contributed by atoms with Crippen LogP contribution in [0.4, 0.5) is 4.39 Å². The molecule has 0 atom stereocenters. The Labute approximate surface area is 113 Å². The molecule has 2 aromatic rings. The van der Waals surface area contributed by atoms with E-state index in [4.69, 9.17) is 19.0 Å². The Morgan fingerprint density at radius 2 is 2.25 bits per heavy atom. The number of oxazole rings is 1. The fraction of sp³-hybridized carbons (Fsp3) is 0.231. The molecular formula is C13H12FNO5. The maximum atomic E-state index is 13.3. The monoisotopic (exact) mass is 281 g/mol. The van der Waals surface area contributed by atoms with Crippen molar-refractivity contribution >= 4 is 5.97 Å². The van der Waals surface area contributed by atoms with Crippen LogP contribution in [0.2, 0.25) is 0 Å². The number of halogens is 1. The molecule has 7 heteroatoms. The molecule has 106 valence electrons. The molecule has 0 amide bonds. The van der Waals surface area contributed by atoms with E-state index in [1.165, 1.54) is 25.3 Å². The maximum absolute atomic E-state index is 13.3. The van der Waals surface area contributed by atoms with Gasteiger partial charge >= 0.3 is 11.9 Å². The van der Waals surface area contributed by atoms with Crippen molar-refractivity contribution in [2.24, 2.45) is 0 Å². The molecule has 1 N–H and O–H groups in total. The Bertz CT molecular complexity index is 638. The molecule has 1 aromatic carbocycles. The van der Waals surface area contributed by atoms with Crippen LogP contribution in [0, 0.1) is 5.82 Å². The van der Waals surface area contributed by atoms with E-state index in [1.807, 2.05) is 0 Å². The summed E-state index contributed by atoms with van der Waals surface area (Å²) >= 11 is 0. The van der Waals surface area contributed by atoms with Gasteiger partial charge in [0.2, 0.25) is 11.6 Å². The number of carboxylic acids is 1. The van der Waals surface area contributed by atoms with Crippen molar-refractivity contribution in [3.05, 3.63) is 29.7 Å². The third-order valence-electron chi connectivity index (χ3n) is 2.47. The Balaban J connectivity index is 2.47. The van der Waals surface area contributed by atoms with Gasteiger partial charge in [0.25, 0.3) is 0 Å². The summed E-state index contributed by atoms with van der Waals surface area (Å²) < 4.78 is 28.5. The molecule has 0 aliphatic carbocycles. The van der Waals surface area contributed by atoms with Crippen LogP contribution < -0.4 is 9.47 Å². The van der Waals surface area contributed by atoms with Crippen molar-refractivity contribution in [1.29, 1.82) is 0 Å². The molecule has 0 unspecified atom stereocenters. The lowest BCUT2D eigenvalue weighted by molar-refractivity contribution is 0.0683. The second-order valence-corrected chi connectivity index (χ2v) is 3.74. The minimum absolute atomic E-state index is 0.00975. The van der Waals surface area contributed by atoms with Crippen LogP contribution in [-0.4, -0.2) is 29.8 Å². The van der Waals surface area contributed by atoms with E-state index >= 15 is 0 Å². The van der Waals surface area contributed by atoms with Crippen LogP contribution in [0.5, 0.6) is 11.7 Å². The SMILES string of the molecule is CCOc1oc(-c2ccc(F)c(OC)c2)nc1C(=O)O. The van der Waals surface area contributed by atoms with Crippen molar-refractivity contribution in [3.8, 4) is 23.1 Å². The van der Waals surface area contributed by atoms with Gasteiger partial charge in [-0.3, -0.25) is 0 Å². The molecule has 1 heterocycles. The zero-order valence-corrected chi connectivity index (χ0v) is 10.8. The lowest BCUT2D eigenvalue weighted by Gasteiger charge is -2.02. The Hall–Kier alpha value is -2.57. The van der Waals surface area contributed by atoms with Crippen LogP contribution in [-0.2, 0) is 0 Å². The highest BCUT2D eigenvalue weighted by Gasteiger charge is 2.22. The molecule has 0 fully saturated rings. The third-order valence-corrected chi connectivity index (χ3v) is 2.47. The molecule has 0 aliphatic heterocycles. The Morgan fingerprint density at radius 1 is 1.50 bits per heavy atom. The van der Waals surface area contributed by atoms with Crippen molar-refractivity contribution < 1.29 is 28.2 Å². The van der Waals surface area contributed by atoms with Gasteiger partial charge in [0.1, 0.15) is 0 Å². The summed E-state index contributed by atoms with van der Waals surface area (Å²) in [6.07, 6.45) is 0. The first-order valence-corrected chi connectivity index (χ1v) is 5.77. The predicted octanol–water partition coefficient (Wildman–Crippen LogP) is 2.59. The van der Waals surface area contributed by atoms with Gasteiger partial charge in [-0.05, 0) is 25.1 Å². The summed E-state index contributed by atoms with van der Waals surface area (Å²) in [6, 6.07) is 3.95. The molecule has 20 heavy (non-hydrogen) atoms. The van der Waals surface area contributed by atoms with E-state index in [0.29, 0.717) is 5.56 Å². The van der Waals surface area contributed by atoms with Crippen molar-refractivity contribution in [2.75, 3.05) is 13.7 Å². The number of aromatic nitrogens is 1. The summed E-state index contributed by atoms with van der Waals surface area (Å²) in [5.74, 6) is -1.96. The number of carboxylic acid groups (broad SMARTS) is 1. The number of aromatic carboxylic acids is 1. The van der Waals surface area contributed by atoms with Crippen LogP contribution in [0.15, 0.2) is 22.6 Å². The van der Waals surface area contributed by atoms with E-state index in [1.54, 1.807) is 6.92 Å². The number of benzene rings is 1. The number of ether oxygens (including phenoxy) is 2. The fourth-order valence-electron chi connectivity index (χ4n) is 1.59. The summed E-state index contributed by atoms with van der Waals surface area (Å²) in [4.78, 5) is 14.9. The molecular weight excluding hydrogens is 269 g/mol. The zero-order chi connectivity index (χ0) is 14.7. The maximum Gasteiger partial charge on any atom is 0.362 e. The van der Waals surface area contributed by atoms with Gasteiger partial charge in [-0.15, -0.1) is 0 Å². The minimum atomic E-state index is -1.27. The van der Waals surface area contributed by atoms with E-state index in [0.717, 1.165) is 0 Å². The van der Waals surface area contributed by atoms with Gasteiger partial charge in [0.15, 0.2) is 11.6 Å². The molecule has 0 spiro atoms. The summed E-state index contributed by atoms with van der Waals surface area (Å²) in [6.45, 7) is 1.93. The van der Waals surface area contributed by atoms with Gasteiger partial charge in [0, 0.05) is 5.56 Å². The van der Waals surface area contributed by atoms with Crippen LogP contribution in [0.25, 0.3) is 11.5 Å². The largest absolute Gasteiger partial charge is 0.494 e. The molecule has 0 radical (unpaired) electrons. The average molecular weight is 281 g/mol. The summed E-state index contributed by atoms with van der Waals surface area (Å²) in [5.41, 5.74) is 0.0573. The number of hydrogen-bond donors (Lipinski definition) is 1. The van der Waals surface area contributed by atoms with Crippen molar-refractivity contribution in [2.45, 2.75) is 6.92 Å². The lowest BCUT2D eigenvalue weighted by atomic mass is 10.2. The second-order valence-electron chi connectivity index (χ2n) is 3.74. The van der Waals surface area contributed by atoms with Gasteiger partial charge in [-0.2, -0.15) is 4.98 Å². The van der Waals surface area contributed by atoms with Crippen LogP contribution >= 0.6 is 0 Å². The lowest BCUT2D eigenvalue weighted by Crippen LogP contribution is -2.01. The fourth-order valence-corrected chi connectivity index (χ4v) is 1.59. The Kier molecular flexibility index (Phi) is 3.88. The molecule has 0 saturated heterocycles. The van der Waals surface area contributed by atoms with Gasteiger partial charge in [-0.1, -0.05) is 0 Å².